The lowest BCUT2D eigenvalue weighted by Crippen LogP contribution is -2.66. The fourth-order valence-corrected chi connectivity index (χ4v) is 5.18. The van der Waals surface area contributed by atoms with Gasteiger partial charge in [-0.15, -0.1) is 0 Å². The van der Waals surface area contributed by atoms with E-state index in [9.17, 15) is 0 Å². The van der Waals surface area contributed by atoms with Crippen LogP contribution in [0.25, 0.3) is 22.2 Å². The molecule has 1 N–H and O–H groups in total. The third-order valence-corrected chi connectivity index (χ3v) is 7.05. The smallest absolute Gasteiger partial charge is 0.162 e. The molecule has 6 rings (SSSR count). The van der Waals surface area contributed by atoms with Gasteiger partial charge in [0, 0.05) is 41.9 Å². The van der Waals surface area contributed by atoms with Gasteiger partial charge in [-0.25, -0.2) is 4.98 Å². The molecule has 180 valence electrons. The van der Waals surface area contributed by atoms with Crippen molar-refractivity contribution < 1.29 is 14.2 Å². The van der Waals surface area contributed by atoms with Crippen molar-refractivity contribution in [1.82, 2.24) is 25.4 Å². The predicted octanol–water partition coefficient (Wildman–Crippen LogP) is 4.02. The van der Waals surface area contributed by atoms with Gasteiger partial charge in [0.05, 0.1) is 43.1 Å². The molecule has 0 radical (unpaired) electrons. The Balaban J connectivity index is 1.29. The minimum Gasteiger partial charge on any atom is -0.493 e. The van der Waals surface area contributed by atoms with Crippen molar-refractivity contribution in [2.75, 3.05) is 38.3 Å². The van der Waals surface area contributed by atoms with Gasteiger partial charge in [-0.3, -0.25) is 5.10 Å². The summed E-state index contributed by atoms with van der Waals surface area (Å²) in [5.41, 5.74) is 5.91. The zero-order valence-corrected chi connectivity index (χ0v) is 20.3. The summed E-state index contributed by atoms with van der Waals surface area (Å²) in [5, 5.41) is 16.9. The Hall–Kier alpha value is -3.72. The van der Waals surface area contributed by atoms with Gasteiger partial charge in [0.25, 0.3) is 0 Å². The SMILES string of the molecule is COc1cc2[nH]nc(-c3ccc(N4CC5(COC5)C4)nc3)c2cc1O[C@H](C)c1c(C)cnnc1C. The van der Waals surface area contributed by atoms with Gasteiger partial charge in [-0.1, -0.05) is 0 Å². The molecule has 2 aliphatic rings. The minimum absolute atomic E-state index is 0.228. The minimum atomic E-state index is -0.228. The first kappa shape index (κ1) is 21.8. The van der Waals surface area contributed by atoms with Crippen LogP contribution in [0.15, 0.2) is 36.7 Å². The van der Waals surface area contributed by atoms with Crippen molar-refractivity contribution in [2.24, 2.45) is 5.41 Å². The topological polar surface area (TPSA) is 98.3 Å². The van der Waals surface area contributed by atoms with Crippen LogP contribution < -0.4 is 14.4 Å². The standard InChI is InChI=1S/C26H28N6O3/c1-15-9-28-29-16(2)24(15)17(3)35-22-7-19-20(8-21(22)33-4)30-31-25(19)18-5-6-23(27-10-18)32-11-26(12-32)13-34-14-26/h5-10,17H,11-14H2,1-4H3,(H,30,31)/t17-/m1/s1. The Labute approximate surface area is 203 Å². The number of aromatic nitrogens is 5. The number of nitrogens with zero attached hydrogens (tertiary/aromatic N) is 5. The van der Waals surface area contributed by atoms with Crippen molar-refractivity contribution in [3.8, 4) is 22.8 Å². The van der Waals surface area contributed by atoms with E-state index >= 15 is 0 Å². The number of rotatable bonds is 6. The third-order valence-electron chi connectivity index (χ3n) is 7.05. The molecule has 35 heavy (non-hydrogen) atoms. The summed E-state index contributed by atoms with van der Waals surface area (Å²) in [6, 6.07) is 8.03. The number of H-pyrrole nitrogens is 1. The van der Waals surface area contributed by atoms with Gasteiger partial charge in [0.2, 0.25) is 0 Å². The van der Waals surface area contributed by atoms with E-state index in [1.165, 1.54) is 0 Å². The Morgan fingerprint density at radius 2 is 1.94 bits per heavy atom. The van der Waals surface area contributed by atoms with Crippen molar-refractivity contribution in [2.45, 2.75) is 26.9 Å². The Morgan fingerprint density at radius 1 is 1.11 bits per heavy atom. The first-order valence-electron chi connectivity index (χ1n) is 11.8. The molecule has 0 bridgehead atoms. The van der Waals surface area contributed by atoms with Crippen LogP contribution in [0.2, 0.25) is 0 Å². The Morgan fingerprint density at radius 3 is 2.60 bits per heavy atom. The molecule has 1 spiro atoms. The van der Waals surface area contributed by atoms with E-state index < -0.39 is 0 Å². The number of hydrogen-bond donors (Lipinski definition) is 1. The molecule has 1 aromatic carbocycles. The molecule has 1 atom stereocenters. The van der Waals surface area contributed by atoms with Crippen molar-refractivity contribution in [3.63, 3.8) is 0 Å². The third kappa shape index (κ3) is 3.67. The summed E-state index contributed by atoms with van der Waals surface area (Å²) >= 11 is 0. The zero-order valence-electron chi connectivity index (χ0n) is 20.3. The molecule has 0 amide bonds. The zero-order chi connectivity index (χ0) is 24.2. The van der Waals surface area contributed by atoms with Crippen LogP contribution in [-0.4, -0.2) is 58.8 Å². The quantitative estimate of drug-likeness (QED) is 0.449. The maximum absolute atomic E-state index is 6.39. The van der Waals surface area contributed by atoms with E-state index in [4.69, 9.17) is 19.2 Å². The van der Waals surface area contributed by atoms with Gasteiger partial charge in [0.1, 0.15) is 17.6 Å². The lowest BCUT2D eigenvalue weighted by molar-refractivity contribution is -0.127. The number of aryl methyl sites for hydroxylation is 2. The molecule has 9 heteroatoms. The van der Waals surface area contributed by atoms with Gasteiger partial charge in [-0.05, 0) is 44.5 Å². The lowest BCUT2D eigenvalue weighted by atomic mass is 9.78. The highest BCUT2D eigenvalue weighted by Gasteiger charge is 2.49. The van der Waals surface area contributed by atoms with E-state index in [0.29, 0.717) is 16.9 Å². The second-order valence-corrected chi connectivity index (χ2v) is 9.66. The maximum Gasteiger partial charge on any atom is 0.162 e. The van der Waals surface area contributed by atoms with E-state index in [-0.39, 0.29) is 6.10 Å². The number of nitrogens with one attached hydrogen (secondary N) is 1. The summed E-state index contributed by atoms with van der Waals surface area (Å²) in [5.74, 6) is 2.27. The second kappa shape index (κ2) is 8.20. The summed E-state index contributed by atoms with van der Waals surface area (Å²) < 4.78 is 17.4. The summed E-state index contributed by atoms with van der Waals surface area (Å²) in [7, 11) is 1.64. The van der Waals surface area contributed by atoms with Crippen LogP contribution in [0.1, 0.15) is 29.8 Å². The van der Waals surface area contributed by atoms with Crippen LogP contribution in [0.3, 0.4) is 0 Å². The first-order valence-corrected chi connectivity index (χ1v) is 11.8. The number of aromatic amines is 1. The number of pyridine rings is 1. The number of hydrogen-bond acceptors (Lipinski definition) is 8. The molecule has 0 aliphatic carbocycles. The van der Waals surface area contributed by atoms with Gasteiger partial charge < -0.3 is 19.1 Å². The molecular weight excluding hydrogens is 444 g/mol. The van der Waals surface area contributed by atoms with E-state index in [1.807, 2.05) is 39.1 Å². The Bertz CT molecular complexity index is 1370. The van der Waals surface area contributed by atoms with E-state index in [2.05, 4.69) is 37.4 Å². The number of ether oxygens (including phenoxy) is 3. The van der Waals surface area contributed by atoms with Crippen LogP contribution in [0, 0.1) is 19.3 Å². The molecule has 0 unspecified atom stereocenters. The normalized spacial score (nSPS) is 17.2. The highest BCUT2D eigenvalue weighted by Crippen LogP contribution is 2.41. The first-order chi connectivity index (χ1) is 17.0. The van der Waals surface area contributed by atoms with E-state index in [1.54, 1.807) is 13.3 Å². The average molecular weight is 473 g/mol. The van der Waals surface area contributed by atoms with Crippen LogP contribution in [-0.2, 0) is 4.74 Å². The fourth-order valence-electron chi connectivity index (χ4n) is 5.18. The highest BCUT2D eigenvalue weighted by molar-refractivity contribution is 5.95. The molecule has 3 aromatic heterocycles. The molecule has 2 aliphatic heterocycles. The monoisotopic (exact) mass is 472 g/mol. The van der Waals surface area contributed by atoms with E-state index in [0.717, 1.165) is 71.1 Å². The van der Waals surface area contributed by atoms with Crippen LogP contribution in [0.5, 0.6) is 11.5 Å². The van der Waals surface area contributed by atoms with Gasteiger partial charge >= 0.3 is 0 Å². The molecule has 2 saturated heterocycles. The van der Waals surface area contributed by atoms with Crippen molar-refractivity contribution in [3.05, 3.63) is 53.5 Å². The molecule has 4 aromatic rings. The molecule has 5 heterocycles. The lowest BCUT2D eigenvalue weighted by Gasteiger charge is -2.55. The van der Waals surface area contributed by atoms with Gasteiger partial charge in [-0.2, -0.15) is 15.3 Å². The number of anilines is 1. The summed E-state index contributed by atoms with van der Waals surface area (Å²) in [6.07, 6.45) is 3.41. The average Bonchev–Trinajstić information content (AvgIpc) is 3.20. The van der Waals surface area contributed by atoms with Gasteiger partial charge in [0.15, 0.2) is 11.5 Å². The fraction of sp³-hybridized carbons (Fsp3) is 0.385. The van der Waals surface area contributed by atoms with Crippen LogP contribution >= 0.6 is 0 Å². The van der Waals surface area contributed by atoms with Crippen LogP contribution in [0.4, 0.5) is 5.82 Å². The maximum atomic E-state index is 6.39. The molecular formula is C26H28N6O3. The number of fused-ring (bicyclic) bond motifs is 1. The number of methoxy groups -OCH3 is 1. The summed E-state index contributed by atoms with van der Waals surface area (Å²) in [6.45, 7) is 9.72. The Kier molecular flexibility index (Phi) is 5.10. The second-order valence-electron chi connectivity index (χ2n) is 9.66. The largest absolute Gasteiger partial charge is 0.493 e. The summed E-state index contributed by atoms with van der Waals surface area (Å²) in [4.78, 5) is 7.01. The number of benzene rings is 1. The molecule has 0 saturated carbocycles. The predicted molar refractivity (Wildman–Crippen MR) is 132 cm³/mol. The molecule has 2 fully saturated rings. The van der Waals surface area contributed by atoms with Crippen molar-refractivity contribution >= 4 is 16.7 Å². The highest BCUT2D eigenvalue weighted by atomic mass is 16.5. The molecule has 9 nitrogen and oxygen atoms in total. The van der Waals surface area contributed by atoms with Crippen molar-refractivity contribution in [1.29, 1.82) is 0 Å².